The maximum atomic E-state index is 12.1. The van der Waals surface area contributed by atoms with Gasteiger partial charge in [0.15, 0.2) is 9.84 Å². The minimum absolute atomic E-state index is 0.0615. The van der Waals surface area contributed by atoms with Gasteiger partial charge in [-0.05, 0) is 50.5 Å². The summed E-state index contributed by atoms with van der Waals surface area (Å²) in [5, 5.41) is 2.60. The Hall–Kier alpha value is -1.21. The summed E-state index contributed by atoms with van der Waals surface area (Å²) in [7, 11) is -2.97. The van der Waals surface area contributed by atoms with E-state index in [1.54, 1.807) is 0 Å². The molecule has 2 rings (SSSR count). The van der Waals surface area contributed by atoms with E-state index >= 15 is 0 Å². The Morgan fingerprint density at radius 3 is 2.58 bits per heavy atom. The first-order valence-corrected chi connectivity index (χ1v) is 11.0. The molecule has 1 N–H and O–H groups in total. The maximum Gasteiger partial charge on any atom is 0.233 e. The van der Waals surface area contributed by atoms with Gasteiger partial charge in [-0.2, -0.15) is 0 Å². The lowest BCUT2D eigenvalue weighted by Gasteiger charge is -2.16. The van der Waals surface area contributed by atoms with E-state index < -0.39 is 9.84 Å². The summed E-state index contributed by atoms with van der Waals surface area (Å²) in [6.45, 7) is 6.43. The van der Waals surface area contributed by atoms with Gasteiger partial charge >= 0.3 is 0 Å². The molecule has 134 valence electrons. The molecule has 0 aliphatic carbocycles. The first kappa shape index (κ1) is 19.1. The molecule has 7 heteroatoms. The number of sulfone groups is 1. The molecule has 1 aromatic rings. The summed E-state index contributed by atoms with van der Waals surface area (Å²) in [6.07, 6.45) is 0.515. The Kier molecular flexibility index (Phi) is 6.57. The Bertz CT molecular complexity index is 668. The highest BCUT2D eigenvalue weighted by Gasteiger charge is 2.29. The Morgan fingerprint density at radius 1 is 1.33 bits per heavy atom. The SMILES string of the molecule is Cc1cc(C)cc(OCCSC(C)C(=O)NC2CCS(=O)(=O)C2)c1. The highest BCUT2D eigenvalue weighted by atomic mass is 32.2. The molecule has 2 atom stereocenters. The van der Waals surface area contributed by atoms with Crippen molar-refractivity contribution in [3.63, 3.8) is 0 Å². The van der Waals surface area contributed by atoms with Crippen LogP contribution in [0.1, 0.15) is 24.5 Å². The standard InChI is InChI=1S/C17H25NO4S2/c1-12-8-13(2)10-16(9-12)22-5-6-23-14(3)17(19)18-15-4-7-24(20,21)11-15/h8-10,14-15H,4-7,11H2,1-3H3,(H,18,19). The van der Waals surface area contributed by atoms with Crippen molar-refractivity contribution < 1.29 is 17.9 Å². The number of hydrogen-bond acceptors (Lipinski definition) is 5. The van der Waals surface area contributed by atoms with E-state index in [-0.39, 0.29) is 28.7 Å². The largest absolute Gasteiger partial charge is 0.493 e. The fourth-order valence-electron chi connectivity index (χ4n) is 2.70. The lowest BCUT2D eigenvalue weighted by molar-refractivity contribution is -0.120. The van der Waals surface area contributed by atoms with Crippen LogP contribution < -0.4 is 10.1 Å². The second-order valence-electron chi connectivity index (χ2n) is 6.29. The third-order valence-corrected chi connectivity index (χ3v) is 6.75. The van der Waals surface area contributed by atoms with Crippen molar-refractivity contribution in [2.45, 2.75) is 38.5 Å². The smallest absolute Gasteiger partial charge is 0.233 e. The van der Waals surface area contributed by atoms with Gasteiger partial charge in [0, 0.05) is 11.8 Å². The van der Waals surface area contributed by atoms with Crippen molar-refractivity contribution in [2.24, 2.45) is 0 Å². The van der Waals surface area contributed by atoms with Gasteiger partial charge in [0.2, 0.25) is 5.91 Å². The van der Waals surface area contributed by atoms with Crippen LogP contribution in [-0.4, -0.2) is 49.5 Å². The highest BCUT2D eigenvalue weighted by Crippen LogP contribution is 2.18. The normalized spacial score (nSPS) is 20.5. The van der Waals surface area contributed by atoms with Crippen molar-refractivity contribution in [3.05, 3.63) is 29.3 Å². The van der Waals surface area contributed by atoms with Crippen LogP contribution in [0.5, 0.6) is 5.75 Å². The molecular weight excluding hydrogens is 346 g/mol. The molecule has 24 heavy (non-hydrogen) atoms. The lowest BCUT2D eigenvalue weighted by atomic mass is 10.1. The molecule has 0 spiro atoms. The van der Waals surface area contributed by atoms with Crippen molar-refractivity contribution in [3.8, 4) is 5.75 Å². The second-order valence-corrected chi connectivity index (χ2v) is 9.97. The zero-order valence-electron chi connectivity index (χ0n) is 14.4. The molecule has 1 saturated heterocycles. The third-order valence-electron chi connectivity index (χ3n) is 3.86. The molecule has 1 aliphatic rings. The van der Waals surface area contributed by atoms with Gasteiger partial charge < -0.3 is 10.1 Å². The fourth-order valence-corrected chi connectivity index (χ4v) is 5.13. The quantitative estimate of drug-likeness (QED) is 0.743. The summed E-state index contributed by atoms with van der Waals surface area (Å²) in [5.74, 6) is 1.68. The van der Waals surface area contributed by atoms with Gasteiger partial charge in [-0.1, -0.05) is 6.07 Å². The van der Waals surface area contributed by atoms with Crippen LogP contribution in [0.3, 0.4) is 0 Å². The van der Waals surface area contributed by atoms with Crippen LogP contribution in [0.15, 0.2) is 18.2 Å². The summed E-state index contributed by atoms with van der Waals surface area (Å²) >= 11 is 1.51. The predicted octanol–water partition coefficient (Wildman–Crippen LogP) is 2.11. The van der Waals surface area contributed by atoms with Gasteiger partial charge in [0.1, 0.15) is 5.75 Å². The average Bonchev–Trinajstić information content (AvgIpc) is 2.81. The number of ether oxygens (including phenoxy) is 1. The van der Waals surface area contributed by atoms with Crippen LogP contribution in [-0.2, 0) is 14.6 Å². The van der Waals surface area contributed by atoms with E-state index in [0.717, 1.165) is 16.9 Å². The van der Waals surface area contributed by atoms with Gasteiger partial charge in [0.05, 0.1) is 23.4 Å². The van der Waals surface area contributed by atoms with E-state index in [0.29, 0.717) is 18.8 Å². The topological polar surface area (TPSA) is 72.5 Å². The summed E-state index contributed by atoms with van der Waals surface area (Å²) in [6, 6.07) is 5.84. The summed E-state index contributed by atoms with van der Waals surface area (Å²) < 4.78 is 28.6. The highest BCUT2D eigenvalue weighted by molar-refractivity contribution is 8.00. The maximum absolute atomic E-state index is 12.1. The number of amides is 1. The van der Waals surface area contributed by atoms with Crippen LogP contribution in [0, 0.1) is 13.8 Å². The van der Waals surface area contributed by atoms with Crippen LogP contribution in [0.25, 0.3) is 0 Å². The molecule has 1 amide bonds. The van der Waals surface area contributed by atoms with Crippen molar-refractivity contribution >= 4 is 27.5 Å². The van der Waals surface area contributed by atoms with E-state index in [9.17, 15) is 13.2 Å². The first-order valence-electron chi connectivity index (χ1n) is 8.09. The van der Waals surface area contributed by atoms with E-state index in [2.05, 4.69) is 11.4 Å². The van der Waals surface area contributed by atoms with E-state index in [1.165, 1.54) is 11.8 Å². The molecular formula is C17H25NO4S2. The number of hydrogen-bond donors (Lipinski definition) is 1. The number of rotatable bonds is 7. The number of nitrogens with one attached hydrogen (secondary N) is 1. The molecule has 0 bridgehead atoms. The predicted molar refractivity (Wildman–Crippen MR) is 98.5 cm³/mol. The molecule has 0 radical (unpaired) electrons. The van der Waals surface area contributed by atoms with Gasteiger partial charge in [0.25, 0.3) is 0 Å². The van der Waals surface area contributed by atoms with Crippen LogP contribution in [0.2, 0.25) is 0 Å². The van der Waals surface area contributed by atoms with Crippen molar-refractivity contribution in [2.75, 3.05) is 23.9 Å². The molecule has 1 heterocycles. The minimum atomic E-state index is -2.97. The monoisotopic (exact) mass is 371 g/mol. The molecule has 2 unspecified atom stereocenters. The average molecular weight is 372 g/mol. The number of carbonyl (C=O) groups excluding carboxylic acids is 1. The van der Waals surface area contributed by atoms with Gasteiger partial charge in [-0.15, -0.1) is 11.8 Å². The Balaban J connectivity index is 1.69. The fraction of sp³-hybridized carbons (Fsp3) is 0.588. The number of benzene rings is 1. The Labute approximate surface area is 148 Å². The van der Waals surface area contributed by atoms with Gasteiger partial charge in [-0.3, -0.25) is 4.79 Å². The first-order chi connectivity index (χ1) is 11.2. The Morgan fingerprint density at radius 2 is 2.00 bits per heavy atom. The third kappa shape index (κ3) is 6.02. The molecule has 1 fully saturated rings. The molecule has 1 aliphatic heterocycles. The number of aryl methyl sites for hydroxylation is 2. The van der Waals surface area contributed by atoms with Crippen LogP contribution in [0.4, 0.5) is 0 Å². The van der Waals surface area contributed by atoms with Crippen molar-refractivity contribution in [1.29, 1.82) is 0 Å². The molecule has 5 nitrogen and oxygen atoms in total. The van der Waals surface area contributed by atoms with Crippen molar-refractivity contribution in [1.82, 2.24) is 5.32 Å². The number of thioether (sulfide) groups is 1. The second kappa shape index (κ2) is 8.25. The molecule has 0 saturated carbocycles. The molecule has 1 aromatic carbocycles. The zero-order valence-corrected chi connectivity index (χ0v) is 16.0. The van der Waals surface area contributed by atoms with Crippen LogP contribution >= 0.6 is 11.8 Å². The zero-order chi connectivity index (χ0) is 17.7. The van der Waals surface area contributed by atoms with Gasteiger partial charge in [-0.25, -0.2) is 8.42 Å². The summed E-state index contributed by atoms with van der Waals surface area (Å²) in [4.78, 5) is 12.1. The van der Waals surface area contributed by atoms with E-state index in [1.807, 2.05) is 32.9 Å². The minimum Gasteiger partial charge on any atom is -0.493 e. The lowest BCUT2D eigenvalue weighted by Crippen LogP contribution is -2.40. The molecule has 0 aromatic heterocycles. The van der Waals surface area contributed by atoms with E-state index in [4.69, 9.17) is 4.74 Å². The number of carbonyl (C=O) groups is 1. The summed E-state index contributed by atoms with van der Waals surface area (Å²) in [5.41, 5.74) is 2.33.